The highest BCUT2D eigenvalue weighted by Gasteiger charge is 1.99. The van der Waals surface area contributed by atoms with Crippen LogP contribution in [0.2, 0.25) is 0 Å². The largest absolute Gasteiger partial charge is 0.380 e. The first kappa shape index (κ1) is 6.13. The van der Waals surface area contributed by atoms with E-state index in [2.05, 4.69) is 29.7 Å². The summed E-state index contributed by atoms with van der Waals surface area (Å²) in [6.45, 7) is 4.15. The van der Waals surface area contributed by atoms with E-state index in [1.807, 2.05) is 0 Å². The fraction of sp³-hybridized carbons (Fsp3) is 0.500. The molecule has 1 aliphatic heterocycles. The van der Waals surface area contributed by atoms with Gasteiger partial charge in [-0.1, -0.05) is 0 Å². The van der Waals surface area contributed by atoms with E-state index >= 15 is 0 Å². The first-order valence-corrected chi connectivity index (χ1v) is 2.99. The van der Waals surface area contributed by atoms with Gasteiger partial charge in [0.1, 0.15) is 0 Å². The summed E-state index contributed by atoms with van der Waals surface area (Å²) in [7, 11) is 0. The average Bonchev–Trinajstić information content (AvgIpc) is 2.15. The van der Waals surface area contributed by atoms with Crippen molar-refractivity contribution in [1.29, 1.82) is 0 Å². The van der Waals surface area contributed by atoms with E-state index < -0.39 is 0 Å². The fourth-order valence-electron chi connectivity index (χ4n) is 0.632. The number of hydrogen-bond donors (Lipinski definition) is 1. The molecule has 1 heterocycles. The molecule has 1 rings (SSSR count). The van der Waals surface area contributed by atoms with Crippen molar-refractivity contribution in [2.24, 2.45) is 5.10 Å². The smallest absolute Gasteiger partial charge is 0.0751 e. The van der Waals surface area contributed by atoms with Crippen LogP contribution >= 0.6 is 0 Å². The molecule has 1 radical (unpaired) electrons. The van der Waals surface area contributed by atoms with Crippen molar-refractivity contribution in [2.75, 3.05) is 0 Å². The molecule has 49 valence electrons. The van der Waals surface area contributed by atoms with E-state index in [0.717, 1.165) is 5.70 Å². The van der Waals surface area contributed by atoms with Crippen molar-refractivity contribution >= 4 is 6.21 Å². The Balaban J connectivity index is 2.35. The van der Waals surface area contributed by atoms with E-state index in [1.165, 1.54) is 0 Å². The molecule has 1 N–H and O–H groups in total. The lowest BCUT2D eigenvalue weighted by atomic mass is 10.3. The molecule has 0 aromatic carbocycles. The van der Waals surface area contributed by atoms with Crippen molar-refractivity contribution in [3.8, 4) is 0 Å². The zero-order valence-corrected chi connectivity index (χ0v) is 5.63. The molecule has 1 aliphatic rings. The van der Waals surface area contributed by atoms with Crippen molar-refractivity contribution in [1.82, 2.24) is 10.7 Å². The van der Waals surface area contributed by atoms with Crippen molar-refractivity contribution < 1.29 is 0 Å². The molecule has 9 heavy (non-hydrogen) atoms. The van der Waals surface area contributed by atoms with Gasteiger partial charge in [-0.05, 0) is 13.8 Å². The molecule has 0 aromatic heterocycles. The van der Waals surface area contributed by atoms with E-state index in [1.54, 1.807) is 12.4 Å². The minimum absolute atomic E-state index is 0.455. The highest BCUT2D eigenvalue weighted by Crippen LogP contribution is 1.92. The quantitative estimate of drug-likeness (QED) is 0.569. The third-order valence-electron chi connectivity index (χ3n) is 0.916. The first-order chi connectivity index (χ1) is 4.29. The molecule has 0 unspecified atom stereocenters. The molecule has 0 aliphatic carbocycles. The maximum atomic E-state index is 3.66. The number of rotatable bonds is 2. The van der Waals surface area contributed by atoms with Gasteiger partial charge in [0.15, 0.2) is 0 Å². The molecule has 3 nitrogen and oxygen atoms in total. The predicted molar refractivity (Wildman–Crippen MR) is 37.0 cm³/mol. The van der Waals surface area contributed by atoms with Gasteiger partial charge in [0.25, 0.3) is 0 Å². The summed E-state index contributed by atoms with van der Waals surface area (Å²) in [5.41, 5.74) is 4.65. The summed E-state index contributed by atoms with van der Waals surface area (Å²) >= 11 is 0. The lowest BCUT2D eigenvalue weighted by Crippen LogP contribution is -2.21. The lowest BCUT2D eigenvalue weighted by Gasteiger charge is -2.05. The van der Waals surface area contributed by atoms with Gasteiger partial charge in [-0.25, -0.2) is 0 Å². The Morgan fingerprint density at radius 2 is 2.33 bits per heavy atom. The summed E-state index contributed by atoms with van der Waals surface area (Å²) in [4.78, 5) is 0. The van der Waals surface area contributed by atoms with Gasteiger partial charge in [0.2, 0.25) is 0 Å². The number of allylic oxidation sites excluding steroid dienone is 1. The summed E-state index contributed by atoms with van der Waals surface area (Å²) in [5.74, 6) is 0. The summed E-state index contributed by atoms with van der Waals surface area (Å²) in [6, 6.07) is 0.455. The second-order valence-electron chi connectivity index (χ2n) is 2.24. The second-order valence-corrected chi connectivity index (χ2v) is 2.24. The maximum Gasteiger partial charge on any atom is 0.0751 e. The zero-order valence-electron chi connectivity index (χ0n) is 5.63. The monoisotopic (exact) mass is 124 g/mol. The highest BCUT2D eigenvalue weighted by molar-refractivity contribution is 5.79. The van der Waals surface area contributed by atoms with Gasteiger partial charge in [0, 0.05) is 6.04 Å². The van der Waals surface area contributed by atoms with Gasteiger partial charge in [-0.2, -0.15) is 10.5 Å². The summed E-state index contributed by atoms with van der Waals surface area (Å²) in [5, 5.41) is 6.82. The molecule has 0 saturated heterocycles. The van der Waals surface area contributed by atoms with Crippen LogP contribution in [0, 0.1) is 0 Å². The normalized spacial score (nSPS) is 15.7. The maximum absolute atomic E-state index is 3.66. The Hall–Kier alpha value is -0.990. The number of hydrogen-bond acceptors (Lipinski definition) is 2. The van der Waals surface area contributed by atoms with Crippen LogP contribution in [0.5, 0.6) is 0 Å². The van der Waals surface area contributed by atoms with Crippen LogP contribution < -0.4 is 10.7 Å². The lowest BCUT2D eigenvalue weighted by molar-refractivity contribution is 0.688. The molecule has 0 spiro atoms. The van der Waals surface area contributed by atoms with E-state index in [-0.39, 0.29) is 0 Å². The van der Waals surface area contributed by atoms with E-state index in [4.69, 9.17) is 0 Å². The zero-order chi connectivity index (χ0) is 6.69. The van der Waals surface area contributed by atoms with Crippen LogP contribution in [0.15, 0.2) is 17.0 Å². The molecule has 3 heteroatoms. The molecule has 0 bridgehead atoms. The van der Waals surface area contributed by atoms with Crippen molar-refractivity contribution in [2.45, 2.75) is 19.9 Å². The predicted octanol–water partition coefficient (Wildman–Crippen LogP) is 0.430. The summed E-state index contributed by atoms with van der Waals surface area (Å²) < 4.78 is 0. The van der Waals surface area contributed by atoms with E-state index in [0.29, 0.717) is 6.04 Å². The van der Waals surface area contributed by atoms with Gasteiger partial charge in [0.05, 0.1) is 18.1 Å². The Labute approximate surface area is 54.8 Å². The molecule has 0 aromatic rings. The van der Waals surface area contributed by atoms with Crippen molar-refractivity contribution in [3.63, 3.8) is 0 Å². The second kappa shape index (κ2) is 2.53. The van der Waals surface area contributed by atoms with Crippen LogP contribution in [0.25, 0.3) is 0 Å². The highest BCUT2D eigenvalue weighted by atomic mass is 15.3. The third-order valence-corrected chi connectivity index (χ3v) is 0.916. The third kappa shape index (κ3) is 1.76. The Morgan fingerprint density at radius 3 is 2.78 bits per heavy atom. The SMILES string of the molecule is CC(C)NC1=C[N]N=C1. The van der Waals surface area contributed by atoms with Crippen LogP contribution in [0.4, 0.5) is 0 Å². The van der Waals surface area contributed by atoms with Crippen molar-refractivity contribution in [3.05, 3.63) is 11.9 Å². The topological polar surface area (TPSA) is 38.5 Å². The standard InChI is InChI=1S/C6H10N3/c1-5(2)9-6-3-7-8-4-6/h3-5,9H,1-2H3. The molecule has 0 amide bonds. The Morgan fingerprint density at radius 1 is 1.56 bits per heavy atom. The fourth-order valence-corrected chi connectivity index (χ4v) is 0.632. The number of nitrogens with one attached hydrogen (secondary N) is 1. The summed E-state index contributed by atoms with van der Waals surface area (Å²) in [6.07, 6.45) is 3.42. The van der Waals surface area contributed by atoms with Gasteiger partial charge >= 0.3 is 0 Å². The Bertz CT molecular complexity index is 146. The van der Waals surface area contributed by atoms with Crippen LogP contribution in [0.1, 0.15) is 13.8 Å². The van der Waals surface area contributed by atoms with Gasteiger partial charge in [-0.15, -0.1) is 0 Å². The minimum atomic E-state index is 0.455. The molecule has 0 saturated carbocycles. The van der Waals surface area contributed by atoms with Gasteiger partial charge in [-0.3, -0.25) is 0 Å². The van der Waals surface area contributed by atoms with Gasteiger partial charge < -0.3 is 5.32 Å². The van der Waals surface area contributed by atoms with E-state index in [9.17, 15) is 0 Å². The molecule has 0 atom stereocenters. The van der Waals surface area contributed by atoms with Crippen LogP contribution in [0.3, 0.4) is 0 Å². The number of nitrogens with zero attached hydrogens (tertiary/aromatic N) is 2. The molecule has 0 fully saturated rings. The minimum Gasteiger partial charge on any atom is -0.380 e. The van der Waals surface area contributed by atoms with Crippen LogP contribution in [-0.2, 0) is 0 Å². The van der Waals surface area contributed by atoms with Crippen LogP contribution in [-0.4, -0.2) is 12.3 Å². The molecular formula is C6H10N3. The first-order valence-electron chi connectivity index (χ1n) is 2.99. The molecular weight excluding hydrogens is 114 g/mol. The average molecular weight is 124 g/mol. The Kier molecular flexibility index (Phi) is 1.72.